The molecule has 0 amide bonds. The second-order valence-corrected chi connectivity index (χ2v) is 6.20. The van der Waals surface area contributed by atoms with Crippen molar-refractivity contribution in [2.45, 2.75) is 18.9 Å². The lowest BCUT2D eigenvalue weighted by molar-refractivity contribution is 0.249. The molecular formula is C14H16BrN3O. The molecule has 0 radical (unpaired) electrons. The maximum atomic E-state index is 5.96. The quantitative estimate of drug-likeness (QED) is 0.808. The lowest BCUT2D eigenvalue weighted by Gasteiger charge is -2.30. The molecule has 0 atom stereocenters. The van der Waals surface area contributed by atoms with Crippen LogP contribution in [-0.4, -0.2) is 42.1 Å². The minimum Gasteiger partial charge on any atom is -0.423 e. The number of fused-ring (bicyclic) bond motifs is 5. The van der Waals surface area contributed by atoms with E-state index in [1.807, 2.05) is 18.2 Å². The monoisotopic (exact) mass is 321 g/mol. The molecular weight excluding hydrogens is 306 g/mol. The summed E-state index contributed by atoms with van der Waals surface area (Å²) in [5.74, 6) is 0. The number of rotatable bonds is 1. The van der Waals surface area contributed by atoms with E-state index in [1.54, 1.807) is 0 Å². The molecule has 0 unspecified atom stereocenters. The SMILES string of the molecule is Brc1cccc2oc(N3CCN4CCC3CC4)nc12. The number of hydrogen-bond acceptors (Lipinski definition) is 4. The van der Waals surface area contributed by atoms with Crippen LogP contribution in [0.4, 0.5) is 6.01 Å². The summed E-state index contributed by atoms with van der Waals surface area (Å²) in [6.07, 6.45) is 2.44. The van der Waals surface area contributed by atoms with Gasteiger partial charge in [-0.05, 0) is 40.9 Å². The van der Waals surface area contributed by atoms with E-state index >= 15 is 0 Å². The highest BCUT2D eigenvalue weighted by Crippen LogP contribution is 2.31. The van der Waals surface area contributed by atoms with Crippen molar-refractivity contribution >= 4 is 33.0 Å². The van der Waals surface area contributed by atoms with Crippen molar-refractivity contribution in [2.24, 2.45) is 0 Å². The van der Waals surface area contributed by atoms with Crippen LogP contribution in [0.5, 0.6) is 0 Å². The van der Waals surface area contributed by atoms with Gasteiger partial charge in [0.1, 0.15) is 5.52 Å². The summed E-state index contributed by atoms with van der Waals surface area (Å²) in [6.45, 7) is 4.57. The summed E-state index contributed by atoms with van der Waals surface area (Å²) in [5.41, 5.74) is 1.79. The number of hydrogen-bond donors (Lipinski definition) is 0. The number of piperidine rings is 1. The Labute approximate surface area is 120 Å². The van der Waals surface area contributed by atoms with Crippen molar-refractivity contribution in [1.82, 2.24) is 9.88 Å². The van der Waals surface area contributed by atoms with Crippen LogP contribution in [0.3, 0.4) is 0 Å². The van der Waals surface area contributed by atoms with Gasteiger partial charge >= 0.3 is 0 Å². The first-order chi connectivity index (χ1) is 9.31. The van der Waals surface area contributed by atoms with Crippen molar-refractivity contribution < 1.29 is 4.42 Å². The number of aromatic nitrogens is 1. The predicted molar refractivity (Wildman–Crippen MR) is 78.5 cm³/mol. The molecule has 4 nitrogen and oxygen atoms in total. The van der Waals surface area contributed by atoms with E-state index in [0.29, 0.717) is 6.04 Å². The molecule has 3 saturated heterocycles. The highest BCUT2D eigenvalue weighted by Gasteiger charge is 2.31. The van der Waals surface area contributed by atoms with Gasteiger partial charge in [-0.1, -0.05) is 6.07 Å². The van der Waals surface area contributed by atoms with Crippen molar-refractivity contribution in [2.75, 3.05) is 31.1 Å². The Balaban J connectivity index is 1.75. The summed E-state index contributed by atoms with van der Waals surface area (Å²) in [7, 11) is 0. The van der Waals surface area contributed by atoms with Crippen LogP contribution in [0.25, 0.3) is 11.1 Å². The van der Waals surface area contributed by atoms with Crippen molar-refractivity contribution in [3.8, 4) is 0 Å². The van der Waals surface area contributed by atoms with E-state index in [9.17, 15) is 0 Å². The average Bonchev–Trinajstić information content (AvgIpc) is 2.64. The average molecular weight is 322 g/mol. The number of anilines is 1. The third-order valence-corrected chi connectivity index (χ3v) is 4.90. The van der Waals surface area contributed by atoms with Crippen LogP contribution in [0, 0.1) is 0 Å². The number of benzene rings is 1. The number of nitrogens with zero attached hydrogens (tertiary/aromatic N) is 3. The van der Waals surface area contributed by atoms with Crippen molar-refractivity contribution in [3.63, 3.8) is 0 Å². The summed E-state index contributed by atoms with van der Waals surface area (Å²) in [6, 6.07) is 7.35. The first kappa shape index (κ1) is 11.7. The normalized spacial score (nSPS) is 26.9. The van der Waals surface area contributed by atoms with Gasteiger partial charge < -0.3 is 14.2 Å². The summed E-state index contributed by atoms with van der Waals surface area (Å²) in [5, 5.41) is 0. The molecule has 100 valence electrons. The molecule has 19 heavy (non-hydrogen) atoms. The van der Waals surface area contributed by atoms with Crippen LogP contribution in [0.2, 0.25) is 0 Å². The van der Waals surface area contributed by atoms with Gasteiger partial charge in [-0.25, -0.2) is 0 Å². The smallest absolute Gasteiger partial charge is 0.298 e. The fourth-order valence-corrected chi connectivity index (χ4v) is 3.60. The Kier molecular flexibility index (Phi) is 2.77. The molecule has 5 heteroatoms. The Morgan fingerprint density at radius 2 is 2.00 bits per heavy atom. The van der Waals surface area contributed by atoms with E-state index < -0.39 is 0 Å². The predicted octanol–water partition coefficient (Wildman–Crippen LogP) is 2.87. The zero-order valence-corrected chi connectivity index (χ0v) is 12.3. The maximum absolute atomic E-state index is 5.96. The standard InChI is InChI=1S/C14H16BrN3O/c15-11-2-1-3-12-13(11)16-14(19-12)18-9-8-17-6-4-10(18)5-7-17/h1-3,10H,4-9H2. The van der Waals surface area contributed by atoms with Gasteiger partial charge in [-0.3, -0.25) is 0 Å². The van der Waals surface area contributed by atoms with Crippen LogP contribution in [0.1, 0.15) is 12.8 Å². The van der Waals surface area contributed by atoms with E-state index in [2.05, 4.69) is 30.7 Å². The Morgan fingerprint density at radius 1 is 1.16 bits per heavy atom. The van der Waals surface area contributed by atoms with Crippen LogP contribution < -0.4 is 4.90 Å². The molecule has 0 saturated carbocycles. The van der Waals surface area contributed by atoms with Crippen LogP contribution in [-0.2, 0) is 0 Å². The van der Waals surface area contributed by atoms with Gasteiger partial charge in [0.15, 0.2) is 5.58 Å². The second kappa shape index (κ2) is 4.49. The molecule has 5 rings (SSSR count). The van der Waals surface area contributed by atoms with Gasteiger partial charge in [-0.15, -0.1) is 0 Å². The molecule has 3 fully saturated rings. The zero-order valence-electron chi connectivity index (χ0n) is 10.7. The molecule has 3 aliphatic rings. The summed E-state index contributed by atoms with van der Waals surface area (Å²) in [4.78, 5) is 9.59. The van der Waals surface area contributed by atoms with E-state index in [0.717, 1.165) is 34.7 Å². The molecule has 1 aromatic carbocycles. The fourth-order valence-electron chi connectivity index (χ4n) is 3.16. The van der Waals surface area contributed by atoms with E-state index in [4.69, 9.17) is 4.42 Å². The Morgan fingerprint density at radius 3 is 2.79 bits per heavy atom. The molecule has 2 bridgehead atoms. The maximum Gasteiger partial charge on any atom is 0.298 e. The minimum absolute atomic E-state index is 0.589. The molecule has 0 aliphatic carbocycles. The lowest BCUT2D eigenvalue weighted by Crippen LogP contribution is -2.38. The first-order valence-electron chi connectivity index (χ1n) is 6.85. The van der Waals surface area contributed by atoms with Gasteiger partial charge in [0.2, 0.25) is 0 Å². The van der Waals surface area contributed by atoms with Gasteiger partial charge in [0.05, 0.1) is 0 Å². The topological polar surface area (TPSA) is 32.5 Å². The van der Waals surface area contributed by atoms with Crippen LogP contribution in [0.15, 0.2) is 27.1 Å². The molecule has 0 N–H and O–H groups in total. The first-order valence-corrected chi connectivity index (χ1v) is 7.64. The fraction of sp³-hybridized carbons (Fsp3) is 0.500. The van der Waals surface area contributed by atoms with Crippen molar-refractivity contribution in [3.05, 3.63) is 22.7 Å². The van der Waals surface area contributed by atoms with Gasteiger partial charge in [-0.2, -0.15) is 4.98 Å². The Hall–Kier alpha value is -1.07. The molecule has 1 aromatic heterocycles. The summed E-state index contributed by atoms with van der Waals surface area (Å²) < 4.78 is 6.96. The van der Waals surface area contributed by atoms with E-state index in [-0.39, 0.29) is 0 Å². The molecule has 3 aliphatic heterocycles. The van der Waals surface area contributed by atoms with Crippen LogP contribution >= 0.6 is 15.9 Å². The van der Waals surface area contributed by atoms with E-state index in [1.165, 1.54) is 25.9 Å². The third-order valence-electron chi connectivity index (χ3n) is 4.26. The molecule has 2 aromatic rings. The third kappa shape index (κ3) is 1.96. The largest absolute Gasteiger partial charge is 0.423 e. The number of para-hydroxylation sites is 1. The lowest BCUT2D eigenvalue weighted by atomic mass is 10.1. The zero-order chi connectivity index (χ0) is 12.8. The second-order valence-electron chi connectivity index (χ2n) is 5.35. The molecule has 4 heterocycles. The van der Waals surface area contributed by atoms with Gasteiger partial charge in [0.25, 0.3) is 6.01 Å². The number of halogens is 1. The Bertz CT molecular complexity index is 604. The minimum atomic E-state index is 0.589. The highest BCUT2D eigenvalue weighted by atomic mass is 79.9. The summed E-state index contributed by atoms with van der Waals surface area (Å²) >= 11 is 3.54. The molecule has 0 spiro atoms. The van der Waals surface area contributed by atoms with Gasteiger partial charge in [0, 0.05) is 36.7 Å². The van der Waals surface area contributed by atoms with Crippen molar-refractivity contribution in [1.29, 1.82) is 0 Å². The number of oxazole rings is 1. The highest BCUT2D eigenvalue weighted by molar-refractivity contribution is 9.10.